The highest BCUT2D eigenvalue weighted by Gasteiger charge is 2.63. The zero-order valence-corrected chi connectivity index (χ0v) is 11.1. The molecule has 1 atom stereocenters. The van der Waals surface area contributed by atoms with Gasteiger partial charge in [-0.2, -0.15) is 26.3 Å². The minimum Gasteiger partial charge on any atom is -0.346 e. The highest BCUT2D eigenvalue weighted by atomic mass is 32.2. The molecule has 0 fully saturated rings. The lowest BCUT2D eigenvalue weighted by Crippen LogP contribution is -2.61. The van der Waals surface area contributed by atoms with E-state index in [4.69, 9.17) is 0 Å². The molecule has 0 aliphatic carbocycles. The number of halogens is 6. The van der Waals surface area contributed by atoms with Crippen LogP contribution in [0.1, 0.15) is 6.92 Å². The van der Waals surface area contributed by atoms with Crippen LogP contribution in [0.5, 0.6) is 0 Å². The van der Waals surface area contributed by atoms with Gasteiger partial charge < -0.3 is 9.80 Å². The minimum absolute atomic E-state index is 0.106. The van der Waals surface area contributed by atoms with Crippen LogP contribution >= 0.6 is 0 Å². The number of sulfonamides is 1. The van der Waals surface area contributed by atoms with Gasteiger partial charge in [-0.15, -0.1) is 0 Å². The molecule has 1 aliphatic heterocycles. The zero-order chi connectivity index (χ0) is 15.9. The Labute approximate surface area is 111 Å². The van der Waals surface area contributed by atoms with Gasteiger partial charge in [-0.3, -0.25) is 0 Å². The summed E-state index contributed by atoms with van der Waals surface area (Å²) in [5.74, 6) is 0. The fraction of sp³-hybridized carbons (Fsp3) is 0.750. The molecule has 5 nitrogen and oxygen atoms in total. The maximum absolute atomic E-state index is 12.8. The molecule has 1 unspecified atom stereocenters. The lowest BCUT2D eigenvalue weighted by molar-refractivity contribution is -0.248. The summed E-state index contributed by atoms with van der Waals surface area (Å²) in [4.78, 5) is 1.54. The molecule has 0 aromatic carbocycles. The van der Waals surface area contributed by atoms with Crippen molar-refractivity contribution in [1.29, 1.82) is 0 Å². The lowest BCUT2D eigenvalue weighted by atomic mass is 10.6. The number of hydrogen-bond acceptors (Lipinski definition) is 4. The molecular formula is C8H11F6N3O2S. The van der Waals surface area contributed by atoms with Gasteiger partial charge in [0.2, 0.25) is 0 Å². The van der Waals surface area contributed by atoms with E-state index in [-0.39, 0.29) is 6.54 Å². The second-order valence-electron chi connectivity index (χ2n) is 3.85. The largest absolute Gasteiger partial charge is 0.512 e. The van der Waals surface area contributed by atoms with Crippen LogP contribution in [0.4, 0.5) is 26.3 Å². The Bertz CT molecular complexity index is 485. The lowest BCUT2D eigenvalue weighted by Gasteiger charge is -2.38. The second kappa shape index (κ2) is 4.98. The van der Waals surface area contributed by atoms with Crippen molar-refractivity contribution in [1.82, 2.24) is 14.1 Å². The molecule has 20 heavy (non-hydrogen) atoms. The van der Waals surface area contributed by atoms with Crippen molar-refractivity contribution in [2.45, 2.75) is 25.0 Å². The van der Waals surface area contributed by atoms with E-state index in [0.29, 0.717) is 0 Å². The molecule has 1 heterocycles. The Morgan fingerprint density at radius 3 is 2.00 bits per heavy atom. The smallest absolute Gasteiger partial charge is 0.346 e. The summed E-state index contributed by atoms with van der Waals surface area (Å²) in [6, 6.07) is 0. The Morgan fingerprint density at radius 1 is 1.15 bits per heavy atom. The van der Waals surface area contributed by atoms with Crippen molar-refractivity contribution >= 4 is 10.0 Å². The van der Waals surface area contributed by atoms with Gasteiger partial charge in [-0.25, -0.2) is 8.42 Å². The van der Waals surface area contributed by atoms with Gasteiger partial charge in [0.1, 0.15) is 0 Å². The Balaban J connectivity index is 3.37. The van der Waals surface area contributed by atoms with E-state index >= 15 is 0 Å². The average Bonchev–Trinajstić information content (AvgIpc) is 2.56. The van der Waals surface area contributed by atoms with Gasteiger partial charge in [0.05, 0.1) is 0 Å². The van der Waals surface area contributed by atoms with Crippen LogP contribution in [0.25, 0.3) is 0 Å². The molecule has 1 rings (SSSR count). The first-order valence-electron chi connectivity index (χ1n) is 5.17. The van der Waals surface area contributed by atoms with Crippen LogP contribution in [-0.2, 0) is 10.0 Å². The summed E-state index contributed by atoms with van der Waals surface area (Å²) in [5.41, 5.74) is -6.05. The molecule has 0 spiro atoms. The van der Waals surface area contributed by atoms with Crippen LogP contribution in [0.15, 0.2) is 12.4 Å². The molecule has 12 heteroatoms. The first-order chi connectivity index (χ1) is 8.84. The van der Waals surface area contributed by atoms with Crippen LogP contribution in [0, 0.1) is 0 Å². The normalized spacial score (nSPS) is 21.1. The summed E-state index contributed by atoms with van der Waals surface area (Å²) < 4.78 is 96.7. The van der Waals surface area contributed by atoms with E-state index in [0.717, 1.165) is 29.2 Å². The summed E-state index contributed by atoms with van der Waals surface area (Å²) in [6.07, 6.45) is -5.73. The van der Waals surface area contributed by atoms with Gasteiger partial charge in [0, 0.05) is 26.0 Å². The van der Waals surface area contributed by atoms with Crippen LogP contribution in [-0.4, -0.2) is 54.2 Å². The first-order valence-corrected chi connectivity index (χ1v) is 6.61. The van der Waals surface area contributed by atoms with Gasteiger partial charge in [0.25, 0.3) is 0 Å². The summed E-state index contributed by atoms with van der Waals surface area (Å²) in [6.45, 7) is 1.27. The minimum atomic E-state index is -6.57. The summed E-state index contributed by atoms with van der Waals surface area (Å²) in [5, 5.41) is 0. The molecule has 0 aromatic rings. The number of hydrogen-bond donors (Lipinski definition) is 0. The predicted octanol–water partition coefficient (Wildman–Crippen LogP) is 1.68. The summed E-state index contributed by atoms with van der Waals surface area (Å²) >= 11 is 0. The third-order valence-corrected chi connectivity index (χ3v) is 4.03. The van der Waals surface area contributed by atoms with Crippen LogP contribution in [0.2, 0.25) is 0 Å². The Hall–Kier alpha value is -1.17. The van der Waals surface area contributed by atoms with Crippen molar-refractivity contribution in [3.05, 3.63) is 12.4 Å². The number of rotatable bonds is 3. The fourth-order valence-corrected chi connectivity index (χ4v) is 2.66. The molecule has 0 saturated heterocycles. The van der Waals surface area contributed by atoms with Crippen molar-refractivity contribution in [3.8, 4) is 0 Å². The van der Waals surface area contributed by atoms with Crippen molar-refractivity contribution in [3.63, 3.8) is 0 Å². The standard InChI is InChI=1S/C8H11F6N3O2S/c1-3-16-5-4-15(2)6(16)17(7(9,10)11)20(18,19)8(12,13)14/h4-6H,3H2,1-2H3. The van der Waals surface area contributed by atoms with E-state index in [1.54, 1.807) is 0 Å². The quantitative estimate of drug-likeness (QED) is 0.584. The molecular weight excluding hydrogens is 316 g/mol. The highest BCUT2D eigenvalue weighted by molar-refractivity contribution is 7.90. The molecule has 1 aliphatic rings. The molecule has 0 radical (unpaired) electrons. The Kier molecular flexibility index (Phi) is 4.21. The van der Waals surface area contributed by atoms with Crippen molar-refractivity contribution < 1.29 is 34.8 Å². The van der Waals surface area contributed by atoms with Gasteiger partial charge in [-0.05, 0) is 6.92 Å². The van der Waals surface area contributed by atoms with Crippen LogP contribution < -0.4 is 0 Å². The second-order valence-corrected chi connectivity index (χ2v) is 5.66. The fourth-order valence-electron chi connectivity index (χ4n) is 1.65. The van der Waals surface area contributed by atoms with E-state index in [1.807, 2.05) is 0 Å². The SMILES string of the molecule is CCN1C=CN(C)C1N(C(F)(F)F)S(=O)(=O)C(F)(F)F. The van der Waals surface area contributed by atoms with Crippen molar-refractivity contribution in [2.75, 3.05) is 13.6 Å². The van der Waals surface area contributed by atoms with Crippen molar-refractivity contribution in [2.24, 2.45) is 0 Å². The monoisotopic (exact) mass is 327 g/mol. The number of nitrogens with zero attached hydrogens (tertiary/aromatic N) is 3. The third kappa shape index (κ3) is 2.80. The van der Waals surface area contributed by atoms with E-state index in [9.17, 15) is 34.8 Å². The molecule has 0 amide bonds. The van der Waals surface area contributed by atoms with E-state index in [2.05, 4.69) is 0 Å². The van der Waals surface area contributed by atoms with Gasteiger partial charge in [0.15, 0.2) is 6.29 Å². The van der Waals surface area contributed by atoms with Gasteiger partial charge in [-0.1, -0.05) is 4.31 Å². The topological polar surface area (TPSA) is 43.9 Å². The number of alkyl halides is 6. The Morgan fingerprint density at radius 2 is 1.65 bits per heavy atom. The first kappa shape index (κ1) is 16.9. The zero-order valence-electron chi connectivity index (χ0n) is 10.3. The summed E-state index contributed by atoms with van der Waals surface area (Å²) in [7, 11) is -5.53. The molecule has 0 saturated carbocycles. The molecule has 118 valence electrons. The molecule has 0 N–H and O–H groups in total. The maximum atomic E-state index is 12.8. The molecule has 0 aromatic heterocycles. The molecule has 0 bridgehead atoms. The van der Waals surface area contributed by atoms with Gasteiger partial charge >= 0.3 is 21.8 Å². The van der Waals surface area contributed by atoms with E-state index < -0.39 is 32.4 Å². The van der Waals surface area contributed by atoms with E-state index in [1.165, 1.54) is 6.92 Å². The predicted molar refractivity (Wildman–Crippen MR) is 55.9 cm³/mol. The highest BCUT2D eigenvalue weighted by Crippen LogP contribution is 2.38. The third-order valence-electron chi connectivity index (χ3n) is 2.53. The maximum Gasteiger partial charge on any atom is 0.512 e. The average molecular weight is 327 g/mol. The van der Waals surface area contributed by atoms with Crippen LogP contribution in [0.3, 0.4) is 0 Å².